The van der Waals surface area contributed by atoms with Crippen molar-refractivity contribution in [1.82, 2.24) is 0 Å². The number of carbonyl (C=O) groups excluding carboxylic acids is 1. The van der Waals surface area contributed by atoms with Gasteiger partial charge in [-0.3, -0.25) is 4.79 Å². The molecule has 2 unspecified atom stereocenters. The first kappa shape index (κ1) is 14.2. The molecule has 0 fully saturated rings. The van der Waals surface area contributed by atoms with E-state index in [1.807, 2.05) is 6.92 Å². The standard InChI is InChI=1S/C14H17FO3S/c1-9(14(16)17-2)7-19-8-12-6-10-5-11(15)3-4-13(10)18-12/h3-5,9,12H,6-8H2,1-2H3. The first-order valence-corrected chi connectivity index (χ1v) is 7.36. The molecule has 1 aromatic carbocycles. The number of esters is 1. The lowest BCUT2D eigenvalue weighted by Crippen LogP contribution is -2.19. The van der Waals surface area contributed by atoms with Gasteiger partial charge in [0.2, 0.25) is 0 Å². The van der Waals surface area contributed by atoms with Crippen LogP contribution < -0.4 is 4.74 Å². The summed E-state index contributed by atoms with van der Waals surface area (Å²) in [5.41, 5.74) is 0.923. The van der Waals surface area contributed by atoms with Crippen LogP contribution in [0.5, 0.6) is 5.75 Å². The summed E-state index contributed by atoms with van der Waals surface area (Å²) in [6.45, 7) is 1.85. The molecule has 0 bridgehead atoms. The summed E-state index contributed by atoms with van der Waals surface area (Å²) in [5, 5.41) is 0. The largest absolute Gasteiger partial charge is 0.489 e. The minimum Gasteiger partial charge on any atom is -0.489 e. The molecule has 1 aromatic rings. The number of halogens is 1. The number of ether oxygens (including phenoxy) is 2. The normalized spacial score (nSPS) is 18.6. The fourth-order valence-electron chi connectivity index (χ4n) is 2.03. The zero-order valence-electron chi connectivity index (χ0n) is 11.0. The Bertz CT molecular complexity index is 464. The van der Waals surface area contributed by atoms with Gasteiger partial charge in [-0.2, -0.15) is 11.8 Å². The Morgan fingerprint density at radius 2 is 2.42 bits per heavy atom. The molecule has 3 nitrogen and oxygen atoms in total. The number of benzene rings is 1. The molecule has 0 aromatic heterocycles. The van der Waals surface area contributed by atoms with Gasteiger partial charge in [-0.1, -0.05) is 6.92 Å². The maximum absolute atomic E-state index is 13.1. The number of fused-ring (bicyclic) bond motifs is 1. The van der Waals surface area contributed by atoms with E-state index in [0.29, 0.717) is 5.75 Å². The van der Waals surface area contributed by atoms with Gasteiger partial charge >= 0.3 is 5.97 Å². The average Bonchev–Trinajstić information content (AvgIpc) is 2.79. The lowest BCUT2D eigenvalue weighted by Gasteiger charge is -2.12. The van der Waals surface area contributed by atoms with Gasteiger partial charge < -0.3 is 9.47 Å². The molecular weight excluding hydrogens is 267 g/mol. The van der Waals surface area contributed by atoms with Gasteiger partial charge in [-0.25, -0.2) is 4.39 Å². The maximum atomic E-state index is 13.1. The summed E-state index contributed by atoms with van der Waals surface area (Å²) >= 11 is 1.66. The highest BCUT2D eigenvalue weighted by Gasteiger charge is 2.23. The molecule has 0 amide bonds. The van der Waals surface area contributed by atoms with Crippen molar-refractivity contribution in [1.29, 1.82) is 0 Å². The highest BCUT2D eigenvalue weighted by Crippen LogP contribution is 2.30. The maximum Gasteiger partial charge on any atom is 0.309 e. The minimum atomic E-state index is -0.227. The molecule has 0 spiro atoms. The monoisotopic (exact) mass is 284 g/mol. The van der Waals surface area contributed by atoms with Crippen LogP contribution in [0.3, 0.4) is 0 Å². The van der Waals surface area contributed by atoms with Gasteiger partial charge in [0.05, 0.1) is 13.0 Å². The van der Waals surface area contributed by atoms with Crippen LogP contribution in [-0.4, -0.2) is 30.7 Å². The van der Waals surface area contributed by atoms with Crippen LogP contribution in [-0.2, 0) is 16.0 Å². The summed E-state index contributed by atoms with van der Waals surface area (Å²) in [4.78, 5) is 11.2. The summed E-state index contributed by atoms with van der Waals surface area (Å²) in [5.74, 6) is 1.74. The third-order valence-corrected chi connectivity index (χ3v) is 4.38. The third kappa shape index (κ3) is 3.62. The molecular formula is C14H17FO3S. The minimum absolute atomic E-state index is 0.0617. The summed E-state index contributed by atoms with van der Waals surface area (Å²) in [6.07, 6.45) is 0.791. The average molecular weight is 284 g/mol. The fraction of sp³-hybridized carbons (Fsp3) is 0.500. The Labute approximate surface area is 116 Å². The van der Waals surface area contributed by atoms with Crippen LogP contribution in [0.1, 0.15) is 12.5 Å². The molecule has 19 heavy (non-hydrogen) atoms. The van der Waals surface area contributed by atoms with Crippen molar-refractivity contribution < 1.29 is 18.7 Å². The van der Waals surface area contributed by atoms with Crippen molar-refractivity contribution in [2.75, 3.05) is 18.6 Å². The van der Waals surface area contributed by atoms with Crippen molar-refractivity contribution in [3.63, 3.8) is 0 Å². The molecule has 1 aliphatic heterocycles. The van der Waals surface area contributed by atoms with Gasteiger partial charge in [-0.15, -0.1) is 0 Å². The lowest BCUT2D eigenvalue weighted by molar-refractivity contribution is -0.143. The van der Waals surface area contributed by atoms with Crippen molar-refractivity contribution in [3.05, 3.63) is 29.6 Å². The topological polar surface area (TPSA) is 35.5 Å². The van der Waals surface area contributed by atoms with Gasteiger partial charge in [-0.05, 0) is 18.2 Å². The zero-order valence-corrected chi connectivity index (χ0v) is 11.8. The predicted molar refractivity (Wildman–Crippen MR) is 73.0 cm³/mol. The highest BCUT2D eigenvalue weighted by atomic mass is 32.2. The molecule has 2 rings (SSSR count). The first-order valence-electron chi connectivity index (χ1n) is 6.21. The Morgan fingerprint density at radius 3 is 3.16 bits per heavy atom. The van der Waals surface area contributed by atoms with Gasteiger partial charge in [0.15, 0.2) is 0 Å². The van der Waals surface area contributed by atoms with E-state index in [-0.39, 0.29) is 23.8 Å². The number of hydrogen-bond acceptors (Lipinski definition) is 4. The van der Waals surface area contributed by atoms with Gasteiger partial charge in [0.25, 0.3) is 0 Å². The Balaban J connectivity index is 1.77. The Hall–Kier alpha value is -1.23. The van der Waals surface area contributed by atoms with E-state index in [9.17, 15) is 9.18 Å². The van der Waals surface area contributed by atoms with E-state index < -0.39 is 0 Å². The fourth-order valence-corrected chi connectivity index (χ4v) is 3.10. The smallest absolute Gasteiger partial charge is 0.309 e. The van der Waals surface area contributed by atoms with E-state index in [0.717, 1.165) is 23.5 Å². The second kappa shape index (κ2) is 6.28. The molecule has 104 valence electrons. The Kier molecular flexibility index (Phi) is 4.69. The second-order valence-electron chi connectivity index (χ2n) is 4.66. The van der Waals surface area contributed by atoms with Crippen LogP contribution in [0.4, 0.5) is 4.39 Å². The number of thioether (sulfide) groups is 1. The number of methoxy groups -OCH3 is 1. The molecule has 0 radical (unpaired) electrons. The predicted octanol–water partition coefficient (Wildman–Crippen LogP) is 2.67. The van der Waals surface area contributed by atoms with Crippen molar-refractivity contribution in [2.45, 2.75) is 19.4 Å². The van der Waals surface area contributed by atoms with Crippen molar-refractivity contribution in [3.8, 4) is 5.75 Å². The molecule has 2 atom stereocenters. The van der Waals surface area contributed by atoms with Crippen LogP contribution in [0, 0.1) is 11.7 Å². The zero-order chi connectivity index (χ0) is 13.8. The van der Waals surface area contributed by atoms with Gasteiger partial charge in [0, 0.05) is 23.5 Å². The molecule has 1 aliphatic rings. The highest BCUT2D eigenvalue weighted by molar-refractivity contribution is 7.99. The molecule has 5 heteroatoms. The molecule has 0 saturated carbocycles. The summed E-state index contributed by atoms with van der Waals surface area (Å²) in [6, 6.07) is 4.61. The first-order chi connectivity index (χ1) is 9.10. The molecule has 0 saturated heterocycles. The quantitative estimate of drug-likeness (QED) is 0.779. The summed E-state index contributed by atoms with van der Waals surface area (Å²) in [7, 11) is 1.40. The van der Waals surface area contributed by atoms with E-state index in [1.54, 1.807) is 17.8 Å². The van der Waals surface area contributed by atoms with Crippen LogP contribution in [0.2, 0.25) is 0 Å². The molecule has 0 aliphatic carbocycles. The van der Waals surface area contributed by atoms with Gasteiger partial charge in [0.1, 0.15) is 17.7 Å². The van der Waals surface area contributed by atoms with E-state index >= 15 is 0 Å². The number of rotatable bonds is 5. The van der Waals surface area contributed by atoms with Crippen molar-refractivity contribution in [2.24, 2.45) is 5.92 Å². The van der Waals surface area contributed by atoms with Crippen LogP contribution in [0.15, 0.2) is 18.2 Å². The summed E-state index contributed by atoms with van der Waals surface area (Å²) < 4.78 is 23.5. The number of hydrogen-bond donors (Lipinski definition) is 0. The molecule has 1 heterocycles. The van der Waals surface area contributed by atoms with E-state index in [2.05, 4.69) is 4.74 Å². The SMILES string of the molecule is COC(=O)C(C)CSCC1Cc2cc(F)ccc2O1. The van der Waals surface area contributed by atoms with E-state index in [4.69, 9.17) is 4.74 Å². The lowest BCUT2D eigenvalue weighted by atomic mass is 10.1. The van der Waals surface area contributed by atoms with E-state index in [1.165, 1.54) is 19.2 Å². The Morgan fingerprint density at radius 1 is 1.63 bits per heavy atom. The number of carbonyl (C=O) groups is 1. The van der Waals surface area contributed by atoms with Crippen molar-refractivity contribution >= 4 is 17.7 Å². The third-order valence-electron chi connectivity index (χ3n) is 3.04. The van der Waals surface area contributed by atoms with Crippen LogP contribution >= 0.6 is 11.8 Å². The second-order valence-corrected chi connectivity index (χ2v) is 5.73. The van der Waals surface area contributed by atoms with Crippen LogP contribution in [0.25, 0.3) is 0 Å². The molecule has 0 N–H and O–H groups in total.